The van der Waals surface area contributed by atoms with Crippen LogP contribution in [0.15, 0.2) is 41.7 Å². The fourth-order valence-corrected chi connectivity index (χ4v) is 2.36. The monoisotopic (exact) mass is 230 g/mol. The van der Waals surface area contributed by atoms with Gasteiger partial charge in [0.15, 0.2) is 11.5 Å². The molecule has 1 aromatic rings. The second-order valence-electron chi connectivity index (χ2n) is 5.47. The summed E-state index contributed by atoms with van der Waals surface area (Å²) in [4.78, 5) is 12.0. The number of carbonyl (C=O) groups excluding carboxylic acids is 1. The first-order valence-corrected chi connectivity index (χ1v) is 5.94. The van der Waals surface area contributed by atoms with Crippen LogP contribution >= 0.6 is 0 Å². The maximum absolute atomic E-state index is 12.0. The minimum Gasteiger partial charge on any atom is -0.454 e. The Hall–Kier alpha value is -1.57. The number of Topliss-reactive ketones (excluding diaryl/α,β-unsaturated/α-hetero) is 1. The third-order valence-electron chi connectivity index (χ3n) is 2.99. The lowest BCUT2D eigenvalue weighted by Gasteiger charge is -2.30. The molecule has 1 aliphatic carbocycles. The van der Waals surface area contributed by atoms with Gasteiger partial charge >= 0.3 is 0 Å². The van der Waals surface area contributed by atoms with Crippen LogP contribution in [-0.4, -0.2) is 5.78 Å². The Labute approximate surface area is 102 Å². The van der Waals surface area contributed by atoms with Crippen molar-refractivity contribution in [2.45, 2.75) is 33.6 Å². The molecule has 0 saturated carbocycles. The van der Waals surface area contributed by atoms with Crippen LogP contribution in [0.3, 0.4) is 0 Å². The highest BCUT2D eigenvalue weighted by molar-refractivity contribution is 5.96. The molecule has 0 spiro atoms. The van der Waals surface area contributed by atoms with E-state index in [-0.39, 0.29) is 11.2 Å². The maximum atomic E-state index is 12.0. The molecule has 0 atom stereocenters. The van der Waals surface area contributed by atoms with Crippen molar-refractivity contribution in [3.05, 3.63) is 41.7 Å². The number of rotatable bonds is 2. The van der Waals surface area contributed by atoms with E-state index < -0.39 is 0 Å². The van der Waals surface area contributed by atoms with E-state index in [4.69, 9.17) is 4.74 Å². The predicted octanol–water partition coefficient (Wildman–Crippen LogP) is 3.73. The number of para-hydroxylation sites is 1. The van der Waals surface area contributed by atoms with Crippen LogP contribution in [0.5, 0.6) is 5.75 Å². The molecule has 0 aliphatic heterocycles. The van der Waals surface area contributed by atoms with Crippen molar-refractivity contribution >= 4 is 5.78 Å². The van der Waals surface area contributed by atoms with Gasteiger partial charge in [0.05, 0.1) is 0 Å². The van der Waals surface area contributed by atoms with E-state index >= 15 is 0 Å². The summed E-state index contributed by atoms with van der Waals surface area (Å²) in [7, 11) is 0. The summed E-state index contributed by atoms with van der Waals surface area (Å²) in [6.45, 7) is 6.22. The van der Waals surface area contributed by atoms with E-state index in [9.17, 15) is 4.79 Å². The number of carbonyl (C=O) groups is 1. The van der Waals surface area contributed by atoms with E-state index in [1.54, 1.807) is 0 Å². The van der Waals surface area contributed by atoms with E-state index in [0.717, 1.165) is 17.7 Å². The van der Waals surface area contributed by atoms with Gasteiger partial charge in [-0.05, 0) is 36.5 Å². The summed E-state index contributed by atoms with van der Waals surface area (Å²) in [6, 6.07) is 9.48. The maximum Gasteiger partial charge on any atom is 0.198 e. The smallest absolute Gasteiger partial charge is 0.198 e. The molecule has 0 fully saturated rings. The normalized spacial score (nSPS) is 19.4. The molecule has 0 amide bonds. The molecule has 90 valence electrons. The molecule has 0 aromatic heterocycles. The van der Waals surface area contributed by atoms with Gasteiger partial charge in [-0.1, -0.05) is 32.0 Å². The van der Waals surface area contributed by atoms with Crippen molar-refractivity contribution in [3.63, 3.8) is 0 Å². The summed E-state index contributed by atoms with van der Waals surface area (Å²) in [6.07, 6.45) is 1.48. The highest BCUT2D eigenvalue weighted by Gasteiger charge is 2.32. The molecule has 1 aromatic carbocycles. The first kappa shape index (κ1) is 11.9. The third-order valence-corrected chi connectivity index (χ3v) is 2.99. The summed E-state index contributed by atoms with van der Waals surface area (Å²) in [5.74, 6) is 1.38. The second kappa shape index (κ2) is 4.36. The zero-order chi connectivity index (χ0) is 12.5. The molecule has 0 N–H and O–H groups in total. The van der Waals surface area contributed by atoms with E-state index in [1.165, 1.54) is 0 Å². The molecule has 2 heteroatoms. The Bertz CT molecular complexity index is 455. The van der Waals surface area contributed by atoms with Crippen LogP contribution in [0.25, 0.3) is 0 Å². The van der Waals surface area contributed by atoms with Crippen molar-refractivity contribution < 1.29 is 9.53 Å². The van der Waals surface area contributed by atoms with Crippen molar-refractivity contribution in [2.24, 2.45) is 5.41 Å². The van der Waals surface area contributed by atoms with Gasteiger partial charge in [0.25, 0.3) is 0 Å². The molecular formula is C15H18O2. The number of allylic oxidation sites excluding steroid dienone is 2. The number of ketones is 1. The molecule has 1 aliphatic rings. The quantitative estimate of drug-likeness (QED) is 0.773. The average molecular weight is 230 g/mol. The largest absolute Gasteiger partial charge is 0.454 e. The molecule has 0 radical (unpaired) electrons. The predicted molar refractivity (Wildman–Crippen MR) is 67.8 cm³/mol. The van der Waals surface area contributed by atoms with Crippen LogP contribution in [0, 0.1) is 5.41 Å². The minimum atomic E-state index is 0.0602. The Morgan fingerprint density at radius 1 is 1.12 bits per heavy atom. The molecular weight excluding hydrogens is 212 g/mol. The van der Waals surface area contributed by atoms with Gasteiger partial charge in [-0.25, -0.2) is 0 Å². The highest BCUT2D eigenvalue weighted by atomic mass is 16.5. The number of ether oxygens (including phenoxy) is 1. The second-order valence-corrected chi connectivity index (χ2v) is 5.47. The number of hydrogen-bond acceptors (Lipinski definition) is 2. The molecule has 0 bridgehead atoms. The third kappa shape index (κ3) is 2.76. The Morgan fingerprint density at radius 2 is 1.76 bits per heavy atom. The molecule has 17 heavy (non-hydrogen) atoms. The molecule has 0 unspecified atom stereocenters. The fourth-order valence-electron chi connectivity index (χ4n) is 2.36. The van der Waals surface area contributed by atoms with Crippen LogP contribution < -0.4 is 4.74 Å². The van der Waals surface area contributed by atoms with Crippen LogP contribution in [0.2, 0.25) is 0 Å². The minimum absolute atomic E-state index is 0.0602. The topological polar surface area (TPSA) is 26.3 Å². The van der Waals surface area contributed by atoms with Gasteiger partial charge < -0.3 is 4.74 Å². The Kier molecular flexibility index (Phi) is 3.05. The molecule has 2 rings (SSSR count). The van der Waals surface area contributed by atoms with Gasteiger partial charge in [0, 0.05) is 6.42 Å². The summed E-state index contributed by atoms with van der Waals surface area (Å²) < 4.78 is 5.70. The Morgan fingerprint density at radius 3 is 2.35 bits per heavy atom. The number of benzene rings is 1. The first-order chi connectivity index (χ1) is 7.98. The van der Waals surface area contributed by atoms with Gasteiger partial charge in [0.1, 0.15) is 5.75 Å². The SMILES string of the molecule is CC1=C(Oc2ccccc2)C(=O)CC(C)(C)C1. The lowest BCUT2D eigenvalue weighted by atomic mass is 9.76. The van der Waals surface area contributed by atoms with E-state index in [1.807, 2.05) is 37.3 Å². The average Bonchev–Trinajstić information content (AvgIpc) is 2.24. The standard InChI is InChI=1S/C15H18O2/c1-11-9-15(2,3)10-13(16)14(11)17-12-7-5-4-6-8-12/h4-8H,9-10H2,1-3H3. The van der Waals surface area contributed by atoms with Crippen molar-refractivity contribution in [3.8, 4) is 5.75 Å². The van der Waals surface area contributed by atoms with Gasteiger partial charge in [0.2, 0.25) is 0 Å². The molecule has 2 nitrogen and oxygen atoms in total. The van der Waals surface area contributed by atoms with Crippen LogP contribution in [-0.2, 0) is 4.79 Å². The van der Waals surface area contributed by atoms with E-state index in [0.29, 0.717) is 12.2 Å². The zero-order valence-corrected chi connectivity index (χ0v) is 10.6. The summed E-state index contributed by atoms with van der Waals surface area (Å²) >= 11 is 0. The van der Waals surface area contributed by atoms with Gasteiger partial charge in [-0.2, -0.15) is 0 Å². The number of hydrogen-bond donors (Lipinski definition) is 0. The molecule has 0 saturated heterocycles. The van der Waals surface area contributed by atoms with Crippen molar-refractivity contribution in [1.82, 2.24) is 0 Å². The first-order valence-electron chi connectivity index (χ1n) is 5.94. The van der Waals surface area contributed by atoms with Crippen LogP contribution in [0.4, 0.5) is 0 Å². The summed E-state index contributed by atoms with van der Waals surface area (Å²) in [5, 5.41) is 0. The zero-order valence-electron chi connectivity index (χ0n) is 10.6. The van der Waals surface area contributed by atoms with E-state index in [2.05, 4.69) is 13.8 Å². The molecule has 0 heterocycles. The highest BCUT2D eigenvalue weighted by Crippen LogP contribution is 2.37. The van der Waals surface area contributed by atoms with Gasteiger partial charge in [-0.15, -0.1) is 0 Å². The fraction of sp³-hybridized carbons (Fsp3) is 0.400. The Balaban J connectivity index is 2.24. The van der Waals surface area contributed by atoms with Crippen molar-refractivity contribution in [1.29, 1.82) is 0 Å². The lowest BCUT2D eigenvalue weighted by molar-refractivity contribution is -0.120. The van der Waals surface area contributed by atoms with Crippen molar-refractivity contribution in [2.75, 3.05) is 0 Å². The van der Waals surface area contributed by atoms with Gasteiger partial charge in [-0.3, -0.25) is 4.79 Å². The summed E-state index contributed by atoms with van der Waals surface area (Å²) in [5.41, 5.74) is 1.11. The van der Waals surface area contributed by atoms with Crippen LogP contribution in [0.1, 0.15) is 33.6 Å². The lowest BCUT2D eigenvalue weighted by Crippen LogP contribution is -2.27.